The van der Waals surface area contributed by atoms with Gasteiger partial charge in [-0.2, -0.15) is 10.2 Å². The van der Waals surface area contributed by atoms with E-state index in [2.05, 4.69) is 62.7 Å². The van der Waals surface area contributed by atoms with Gasteiger partial charge in [-0.3, -0.25) is 14.3 Å². The Morgan fingerprint density at radius 2 is 1.89 bits per heavy atom. The van der Waals surface area contributed by atoms with Crippen LogP contribution in [0.4, 0.5) is 5.82 Å². The van der Waals surface area contributed by atoms with Crippen LogP contribution >= 0.6 is 0 Å². The molecular formula is C28H26N8O. The van der Waals surface area contributed by atoms with Crippen molar-refractivity contribution in [3.8, 4) is 5.75 Å². The molecule has 0 aliphatic rings. The molecular weight excluding hydrogens is 464 g/mol. The molecule has 0 bridgehead atoms. The SMILES string of the molecule is COc1ccc2ccc(CNc3ncnc4nn(Cc5ccc(C(C)n6cccn6)cc5)cc34)nc2c1. The first-order valence-electron chi connectivity index (χ1n) is 12.1. The van der Waals surface area contributed by atoms with E-state index < -0.39 is 0 Å². The molecule has 0 saturated carbocycles. The zero-order chi connectivity index (χ0) is 25.2. The van der Waals surface area contributed by atoms with Crippen molar-refractivity contribution in [1.29, 1.82) is 0 Å². The third-order valence-electron chi connectivity index (χ3n) is 6.49. The number of hydrogen-bond donors (Lipinski definition) is 1. The van der Waals surface area contributed by atoms with Crippen LogP contribution in [-0.2, 0) is 13.1 Å². The molecule has 4 heterocycles. The minimum Gasteiger partial charge on any atom is -0.497 e. The predicted molar refractivity (Wildman–Crippen MR) is 143 cm³/mol. The van der Waals surface area contributed by atoms with Crippen molar-refractivity contribution in [2.24, 2.45) is 0 Å². The Kier molecular flexibility index (Phi) is 5.94. The van der Waals surface area contributed by atoms with E-state index in [-0.39, 0.29) is 6.04 Å². The van der Waals surface area contributed by atoms with E-state index in [1.165, 1.54) is 11.9 Å². The smallest absolute Gasteiger partial charge is 0.186 e. The molecule has 0 aliphatic carbocycles. The van der Waals surface area contributed by atoms with E-state index in [0.29, 0.717) is 18.7 Å². The number of fused-ring (bicyclic) bond motifs is 2. The molecule has 6 aromatic rings. The molecule has 0 aliphatic heterocycles. The summed E-state index contributed by atoms with van der Waals surface area (Å²) in [6.07, 6.45) is 7.30. The Balaban J connectivity index is 1.17. The minimum absolute atomic E-state index is 0.180. The summed E-state index contributed by atoms with van der Waals surface area (Å²) in [4.78, 5) is 13.6. The maximum atomic E-state index is 5.33. The van der Waals surface area contributed by atoms with Crippen LogP contribution in [0.2, 0.25) is 0 Å². The van der Waals surface area contributed by atoms with Crippen molar-refractivity contribution in [2.75, 3.05) is 12.4 Å². The molecule has 0 amide bonds. The van der Waals surface area contributed by atoms with Gasteiger partial charge in [-0.15, -0.1) is 0 Å². The molecule has 9 nitrogen and oxygen atoms in total. The standard InChI is InChI=1S/C28H26N8O/c1-19(36-13-3-12-32-36)21-6-4-20(5-7-21)16-35-17-25-27(30-18-31-28(25)34-35)29-15-23-10-8-22-9-11-24(37-2)14-26(22)33-23/h3-14,17-19H,15-16H2,1-2H3,(H,29,30,31,34). The van der Waals surface area contributed by atoms with Gasteiger partial charge in [0, 0.05) is 30.0 Å². The Morgan fingerprint density at radius 3 is 2.70 bits per heavy atom. The summed E-state index contributed by atoms with van der Waals surface area (Å²) in [5.41, 5.74) is 4.81. The molecule has 1 unspecified atom stereocenters. The van der Waals surface area contributed by atoms with Crippen molar-refractivity contribution >= 4 is 27.8 Å². The lowest BCUT2D eigenvalue weighted by Gasteiger charge is -2.13. The zero-order valence-electron chi connectivity index (χ0n) is 20.6. The Morgan fingerprint density at radius 1 is 1.03 bits per heavy atom. The molecule has 0 radical (unpaired) electrons. The molecule has 9 heteroatoms. The fourth-order valence-electron chi connectivity index (χ4n) is 4.40. The fraction of sp³-hybridized carbons (Fsp3) is 0.179. The molecule has 2 aromatic carbocycles. The molecule has 1 atom stereocenters. The van der Waals surface area contributed by atoms with Crippen LogP contribution in [0.3, 0.4) is 0 Å². The molecule has 6 rings (SSSR count). The highest BCUT2D eigenvalue weighted by molar-refractivity contribution is 5.85. The summed E-state index contributed by atoms with van der Waals surface area (Å²) in [6, 6.07) is 20.6. The molecule has 0 fully saturated rings. The van der Waals surface area contributed by atoms with Crippen molar-refractivity contribution in [1.82, 2.24) is 34.5 Å². The highest BCUT2D eigenvalue weighted by Gasteiger charge is 2.11. The second-order valence-corrected chi connectivity index (χ2v) is 8.90. The number of rotatable bonds is 8. The largest absolute Gasteiger partial charge is 0.497 e. The quantitative estimate of drug-likeness (QED) is 0.326. The first kappa shape index (κ1) is 22.7. The van der Waals surface area contributed by atoms with Crippen LogP contribution < -0.4 is 10.1 Å². The van der Waals surface area contributed by atoms with Gasteiger partial charge in [0.2, 0.25) is 0 Å². The van der Waals surface area contributed by atoms with E-state index in [1.807, 2.05) is 52.1 Å². The molecule has 0 spiro atoms. The lowest BCUT2D eigenvalue weighted by atomic mass is 10.1. The lowest BCUT2D eigenvalue weighted by Crippen LogP contribution is -2.07. The maximum Gasteiger partial charge on any atom is 0.186 e. The average molecular weight is 491 g/mol. The Hall–Kier alpha value is -4.79. The number of nitrogens with zero attached hydrogens (tertiary/aromatic N) is 7. The van der Waals surface area contributed by atoms with Crippen LogP contribution in [-0.4, -0.2) is 41.6 Å². The zero-order valence-corrected chi connectivity index (χ0v) is 20.6. The van der Waals surface area contributed by atoms with Crippen LogP contribution in [0.1, 0.15) is 29.8 Å². The number of methoxy groups -OCH3 is 1. The monoisotopic (exact) mass is 490 g/mol. The first-order chi connectivity index (χ1) is 18.2. The normalized spacial score (nSPS) is 12.2. The number of anilines is 1. The van der Waals surface area contributed by atoms with Gasteiger partial charge >= 0.3 is 0 Å². The van der Waals surface area contributed by atoms with Crippen LogP contribution in [0.15, 0.2) is 85.6 Å². The van der Waals surface area contributed by atoms with Gasteiger partial charge in [-0.1, -0.05) is 30.3 Å². The minimum atomic E-state index is 0.180. The number of pyridine rings is 1. The number of ether oxygens (including phenoxy) is 1. The van der Waals surface area contributed by atoms with Crippen molar-refractivity contribution in [3.63, 3.8) is 0 Å². The van der Waals surface area contributed by atoms with Gasteiger partial charge in [-0.25, -0.2) is 9.97 Å². The van der Waals surface area contributed by atoms with E-state index in [0.717, 1.165) is 39.1 Å². The van der Waals surface area contributed by atoms with Gasteiger partial charge in [0.05, 0.1) is 42.8 Å². The average Bonchev–Trinajstić information content (AvgIpc) is 3.62. The van der Waals surface area contributed by atoms with Crippen molar-refractivity contribution < 1.29 is 4.74 Å². The van der Waals surface area contributed by atoms with Crippen LogP contribution in [0.25, 0.3) is 21.9 Å². The summed E-state index contributed by atoms with van der Waals surface area (Å²) in [5.74, 6) is 1.52. The fourth-order valence-corrected chi connectivity index (χ4v) is 4.40. The van der Waals surface area contributed by atoms with Gasteiger partial charge in [-0.05, 0) is 42.3 Å². The number of hydrogen-bond acceptors (Lipinski definition) is 7. The van der Waals surface area contributed by atoms with E-state index in [4.69, 9.17) is 9.72 Å². The highest BCUT2D eigenvalue weighted by atomic mass is 16.5. The van der Waals surface area contributed by atoms with E-state index in [9.17, 15) is 0 Å². The van der Waals surface area contributed by atoms with Gasteiger partial charge in [0.15, 0.2) is 5.65 Å². The molecule has 37 heavy (non-hydrogen) atoms. The third kappa shape index (κ3) is 4.71. The molecule has 1 N–H and O–H groups in total. The molecule has 4 aromatic heterocycles. The summed E-state index contributed by atoms with van der Waals surface area (Å²) in [5, 5.41) is 14.3. The number of benzene rings is 2. The van der Waals surface area contributed by atoms with Gasteiger partial charge in [0.1, 0.15) is 17.9 Å². The summed E-state index contributed by atoms with van der Waals surface area (Å²) >= 11 is 0. The summed E-state index contributed by atoms with van der Waals surface area (Å²) in [7, 11) is 1.66. The summed E-state index contributed by atoms with van der Waals surface area (Å²) < 4.78 is 9.18. The molecule has 184 valence electrons. The van der Waals surface area contributed by atoms with Gasteiger partial charge in [0.25, 0.3) is 0 Å². The number of nitrogens with one attached hydrogen (secondary N) is 1. The Bertz CT molecular complexity index is 1660. The van der Waals surface area contributed by atoms with Crippen LogP contribution in [0.5, 0.6) is 5.75 Å². The van der Waals surface area contributed by atoms with E-state index >= 15 is 0 Å². The van der Waals surface area contributed by atoms with E-state index in [1.54, 1.807) is 13.3 Å². The topological polar surface area (TPSA) is 95.6 Å². The highest BCUT2D eigenvalue weighted by Crippen LogP contribution is 2.22. The third-order valence-corrected chi connectivity index (χ3v) is 6.49. The van der Waals surface area contributed by atoms with Crippen molar-refractivity contribution in [2.45, 2.75) is 26.1 Å². The summed E-state index contributed by atoms with van der Waals surface area (Å²) in [6.45, 7) is 3.31. The first-order valence-corrected chi connectivity index (χ1v) is 12.1. The molecule has 0 saturated heterocycles. The second kappa shape index (κ2) is 9.69. The predicted octanol–water partition coefficient (Wildman–Crippen LogP) is 4.85. The number of aromatic nitrogens is 7. The Labute approximate surface area is 213 Å². The lowest BCUT2D eigenvalue weighted by molar-refractivity contribution is 0.415. The van der Waals surface area contributed by atoms with Crippen LogP contribution in [0, 0.1) is 0 Å². The van der Waals surface area contributed by atoms with Crippen molar-refractivity contribution in [3.05, 3.63) is 102 Å². The van der Waals surface area contributed by atoms with Gasteiger partial charge < -0.3 is 10.1 Å². The second-order valence-electron chi connectivity index (χ2n) is 8.90. The maximum absolute atomic E-state index is 5.33.